The Morgan fingerprint density at radius 3 is 2.50 bits per heavy atom. The number of nitrogens with one attached hydrogen (secondary N) is 1. The molecule has 1 aromatic rings. The minimum atomic E-state index is -0.262. The Morgan fingerprint density at radius 2 is 1.81 bits per heavy atom. The Morgan fingerprint density at radius 1 is 1.08 bits per heavy atom. The standard InChI is InChI=1S/C20H30N4O2/c1-17(25)24-12-5-9-19(24)20(26)21-10-6-11-22-13-15-23(16-14-22)18-7-3-2-4-8-18/h2-4,7-8,19H,5-6,9-16H2,1H3,(H,21,26). The Hall–Kier alpha value is -2.08. The second-order valence-electron chi connectivity index (χ2n) is 7.18. The van der Waals surface area contributed by atoms with Crippen molar-refractivity contribution < 1.29 is 9.59 Å². The number of hydrogen-bond acceptors (Lipinski definition) is 4. The lowest BCUT2D eigenvalue weighted by Crippen LogP contribution is -2.48. The monoisotopic (exact) mass is 358 g/mol. The maximum absolute atomic E-state index is 12.3. The molecule has 2 fully saturated rings. The summed E-state index contributed by atoms with van der Waals surface area (Å²) < 4.78 is 0. The van der Waals surface area contributed by atoms with Crippen LogP contribution in [0.1, 0.15) is 26.2 Å². The first-order chi connectivity index (χ1) is 12.6. The van der Waals surface area contributed by atoms with Crippen molar-refractivity contribution in [3.63, 3.8) is 0 Å². The van der Waals surface area contributed by atoms with Crippen LogP contribution in [-0.4, -0.2) is 73.5 Å². The van der Waals surface area contributed by atoms with E-state index in [2.05, 4.69) is 45.4 Å². The molecule has 0 aliphatic carbocycles. The minimum Gasteiger partial charge on any atom is -0.369 e. The fraction of sp³-hybridized carbons (Fsp3) is 0.600. The summed E-state index contributed by atoms with van der Waals surface area (Å²) in [7, 11) is 0. The molecule has 142 valence electrons. The van der Waals surface area contributed by atoms with Crippen molar-refractivity contribution >= 4 is 17.5 Å². The highest BCUT2D eigenvalue weighted by Crippen LogP contribution is 2.17. The zero-order valence-electron chi connectivity index (χ0n) is 15.7. The molecule has 2 heterocycles. The molecule has 0 saturated carbocycles. The molecule has 6 heteroatoms. The van der Waals surface area contributed by atoms with Gasteiger partial charge in [-0.25, -0.2) is 0 Å². The van der Waals surface area contributed by atoms with Gasteiger partial charge >= 0.3 is 0 Å². The summed E-state index contributed by atoms with van der Waals surface area (Å²) in [6.07, 6.45) is 2.65. The summed E-state index contributed by atoms with van der Waals surface area (Å²) in [4.78, 5) is 30.4. The zero-order valence-corrected chi connectivity index (χ0v) is 15.7. The van der Waals surface area contributed by atoms with E-state index in [0.29, 0.717) is 13.1 Å². The number of hydrogen-bond donors (Lipinski definition) is 1. The lowest BCUT2D eigenvalue weighted by molar-refractivity contribution is -0.136. The summed E-state index contributed by atoms with van der Waals surface area (Å²) in [6, 6.07) is 10.3. The second-order valence-corrected chi connectivity index (χ2v) is 7.18. The zero-order chi connectivity index (χ0) is 18.4. The quantitative estimate of drug-likeness (QED) is 0.780. The van der Waals surface area contributed by atoms with Crippen LogP contribution in [0.2, 0.25) is 0 Å². The molecule has 2 aliphatic rings. The van der Waals surface area contributed by atoms with Crippen LogP contribution in [0, 0.1) is 0 Å². The Labute approximate surface area is 156 Å². The fourth-order valence-corrected chi connectivity index (χ4v) is 3.92. The molecule has 1 unspecified atom stereocenters. The number of para-hydroxylation sites is 1. The van der Waals surface area contributed by atoms with Gasteiger partial charge in [0.05, 0.1) is 0 Å². The molecule has 1 N–H and O–H groups in total. The predicted octanol–water partition coefficient (Wildman–Crippen LogP) is 1.33. The lowest BCUT2D eigenvalue weighted by atomic mass is 10.2. The Kier molecular flexibility index (Phi) is 6.50. The van der Waals surface area contributed by atoms with Crippen LogP contribution in [0.25, 0.3) is 0 Å². The molecule has 2 saturated heterocycles. The molecule has 0 bridgehead atoms. The Bertz CT molecular complexity index is 599. The highest BCUT2D eigenvalue weighted by atomic mass is 16.2. The van der Waals surface area contributed by atoms with Crippen molar-refractivity contribution in [3.8, 4) is 0 Å². The van der Waals surface area contributed by atoms with Gasteiger partial charge in [0.1, 0.15) is 6.04 Å². The normalized spacial score (nSPS) is 21.0. The van der Waals surface area contributed by atoms with Crippen molar-refractivity contribution in [2.45, 2.75) is 32.2 Å². The summed E-state index contributed by atoms with van der Waals surface area (Å²) in [5.74, 6) is 0.00512. The van der Waals surface area contributed by atoms with E-state index in [1.807, 2.05) is 0 Å². The summed E-state index contributed by atoms with van der Waals surface area (Å²) >= 11 is 0. The molecular weight excluding hydrogens is 328 g/mol. The van der Waals surface area contributed by atoms with Crippen molar-refractivity contribution in [1.82, 2.24) is 15.1 Å². The van der Waals surface area contributed by atoms with E-state index in [-0.39, 0.29) is 17.9 Å². The van der Waals surface area contributed by atoms with Crippen molar-refractivity contribution in [1.29, 1.82) is 0 Å². The summed E-state index contributed by atoms with van der Waals surface area (Å²) in [5, 5.41) is 3.01. The van der Waals surface area contributed by atoms with Crippen LogP contribution in [0.15, 0.2) is 30.3 Å². The first-order valence-corrected chi connectivity index (χ1v) is 9.72. The third-order valence-corrected chi connectivity index (χ3v) is 5.40. The van der Waals surface area contributed by atoms with Crippen LogP contribution in [-0.2, 0) is 9.59 Å². The molecule has 0 radical (unpaired) electrons. The van der Waals surface area contributed by atoms with Crippen molar-refractivity contribution in [2.24, 2.45) is 0 Å². The van der Waals surface area contributed by atoms with Gasteiger partial charge in [0.15, 0.2) is 0 Å². The molecule has 3 rings (SSSR count). The molecule has 1 atom stereocenters. The van der Waals surface area contributed by atoms with Gasteiger partial charge in [-0.15, -0.1) is 0 Å². The lowest BCUT2D eigenvalue weighted by Gasteiger charge is -2.36. The predicted molar refractivity (Wildman–Crippen MR) is 103 cm³/mol. The van der Waals surface area contributed by atoms with Crippen molar-refractivity contribution in [3.05, 3.63) is 30.3 Å². The van der Waals surface area contributed by atoms with E-state index in [1.54, 1.807) is 11.8 Å². The average molecular weight is 358 g/mol. The number of carbonyl (C=O) groups is 2. The van der Waals surface area contributed by atoms with E-state index in [0.717, 1.165) is 52.0 Å². The second kappa shape index (κ2) is 9.03. The smallest absolute Gasteiger partial charge is 0.242 e. The highest BCUT2D eigenvalue weighted by molar-refractivity contribution is 5.87. The number of benzene rings is 1. The van der Waals surface area contributed by atoms with Crippen LogP contribution in [0.5, 0.6) is 0 Å². The molecule has 2 amide bonds. The van der Waals surface area contributed by atoms with Gasteiger partial charge in [-0.3, -0.25) is 14.5 Å². The van der Waals surface area contributed by atoms with E-state index >= 15 is 0 Å². The SMILES string of the molecule is CC(=O)N1CCCC1C(=O)NCCCN1CCN(c2ccccc2)CC1. The third-order valence-electron chi connectivity index (χ3n) is 5.40. The van der Waals surface area contributed by atoms with Gasteiger partial charge in [-0.1, -0.05) is 18.2 Å². The van der Waals surface area contributed by atoms with Gasteiger partial charge in [0, 0.05) is 51.9 Å². The van der Waals surface area contributed by atoms with Gasteiger partial charge in [0.25, 0.3) is 0 Å². The molecule has 0 spiro atoms. The molecule has 0 aromatic heterocycles. The summed E-state index contributed by atoms with van der Waals surface area (Å²) in [6.45, 7) is 8.15. The fourth-order valence-electron chi connectivity index (χ4n) is 3.92. The number of carbonyl (C=O) groups excluding carboxylic acids is 2. The maximum Gasteiger partial charge on any atom is 0.242 e. The number of amides is 2. The number of anilines is 1. The van der Waals surface area contributed by atoms with Crippen LogP contribution >= 0.6 is 0 Å². The summed E-state index contributed by atoms with van der Waals surface area (Å²) in [5.41, 5.74) is 1.30. The number of rotatable bonds is 6. The first kappa shape index (κ1) is 18.7. The maximum atomic E-state index is 12.3. The topological polar surface area (TPSA) is 55.9 Å². The molecule has 1 aromatic carbocycles. The molecular formula is C20H30N4O2. The van der Waals surface area contributed by atoms with Crippen molar-refractivity contribution in [2.75, 3.05) is 50.7 Å². The highest BCUT2D eigenvalue weighted by Gasteiger charge is 2.31. The number of piperazine rings is 1. The first-order valence-electron chi connectivity index (χ1n) is 9.72. The molecule has 26 heavy (non-hydrogen) atoms. The van der Waals surface area contributed by atoms with E-state index in [9.17, 15) is 9.59 Å². The van der Waals surface area contributed by atoms with Crippen LogP contribution in [0.3, 0.4) is 0 Å². The number of likely N-dealkylation sites (tertiary alicyclic amines) is 1. The van der Waals surface area contributed by atoms with E-state index in [1.165, 1.54) is 5.69 Å². The molecule has 2 aliphatic heterocycles. The largest absolute Gasteiger partial charge is 0.369 e. The van der Waals surface area contributed by atoms with Gasteiger partial charge in [-0.05, 0) is 37.9 Å². The average Bonchev–Trinajstić information content (AvgIpc) is 3.17. The van der Waals surface area contributed by atoms with Gasteiger partial charge < -0.3 is 15.1 Å². The third kappa shape index (κ3) is 4.75. The van der Waals surface area contributed by atoms with Gasteiger partial charge in [-0.2, -0.15) is 0 Å². The Balaban J connectivity index is 1.32. The van der Waals surface area contributed by atoms with E-state index < -0.39 is 0 Å². The van der Waals surface area contributed by atoms with Gasteiger partial charge in [0.2, 0.25) is 11.8 Å². The van der Waals surface area contributed by atoms with E-state index in [4.69, 9.17) is 0 Å². The van der Waals surface area contributed by atoms with Crippen LogP contribution in [0.4, 0.5) is 5.69 Å². The van der Waals surface area contributed by atoms with Crippen LogP contribution < -0.4 is 10.2 Å². The minimum absolute atomic E-state index is 0.000984. The number of nitrogens with zero attached hydrogens (tertiary/aromatic N) is 3. The molecule has 6 nitrogen and oxygen atoms in total.